The van der Waals surface area contributed by atoms with Gasteiger partial charge < -0.3 is 9.64 Å². The van der Waals surface area contributed by atoms with Crippen LogP contribution in [0.25, 0.3) is 0 Å². The van der Waals surface area contributed by atoms with Crippen LogP contribution in [0.5, 0.6) is 0 Å². The minimum atomic E-state index is -2.24. The van der Waals surface area contributed by atoms with Crippen molar-refractivity contribution in [1.29, 1.82) is 5.26 Å². The van der Waals surface area contributed by atoms with Crippen molar-refractivity contribution in [2.24, 2.45) is 5.92 Å². The molecule has 1 heterocycles. The largest absolute Gasteiger partial charge is 0.445 e. The van der Waals surface area contributed by atoms with Gasteiger partial charge in [0.15, 0.2) is 0 Å². The van der Waals surface area contributed by atoms with Crippen LogP contribution >= 0.6 is 0 Å². The Morgan fingerprint density at radius 3 is 2.54 bits per heavy atom. The molecule has 1 aliphatic heterocycles. The number of rotatable bonds is 4. The third kappa shape index (κ3) is 4.99. The number of nitriles is 1. The number of hydrogen-bond donors (Lipinski definition) is 0. The SMILES string of the molecule is N#Cc1ccc(C2CC(C=S(=O)=O)CCN2C(=O)OCc2ccccc2)cc1. The van der Waals surface area contributed by atoms with Crippen LogP contribution < -0.4 is 0 Å². The van der Waals surface area contributed by atoms with Crippen molar-refractivity contribution in [2.45, 2.75) is 25.5 Å². The highest BCUT2D eigenvalue weighted by atomic mass is 32.2. The molecule has 2 aromatic rings. The van der Waals surface area contributed by atoms with Crippen molar-refractivity contribution in [2.75, 3.05) is 6.54 Å². The highest BCUT2D eigenvalue weighted by molar-refractivity contribution is 7.71. The van der Waals surface area contributed by atoms with Crippen LogP contribution in [0, 0.1) is 17.2 Å². The average molecular weight is 396 g/mol. The lowest BCUT2D eigenvalue weighted by atomic mass is 9.88. The first-order valence-corrected chi connectivity index (χ1v) is 10.1. The Bertz CT molecular complexity index is 987. The fourth-order valence-corrected chi connectivity index (χ4v) is 3.95. The van der Waals surface area contributed by atoms with E-state index in [0.29, 0.717) is 24.9 Å². The number of likely N-dealkylation sites (tertiary alicyclic amines) is 1. The van der Waals surface area contributed by atoms with Crippen LogP contribution in [0.15, 0.2) is 54.6 Å². The third-order valence-corrected chi connectivity index (χ3v) is 5.42. The molecule has 2 aromatic carbocycles. The summed E-state index contributed by atoms with van der Waals surface area (Å²) in [7, 11) is -2.24. The smallest absolute Gasteiger partial charge is 0.410 e. The molecule has 0 aliphatic carbocycles. The van der Waals surface area contributed by atoms with E-state index in [-0.39, 0.29) is 18.6 Å². The van der Waals surface area contributed by atoms with Crippen molar-refractivity contribution < 1.29 is 17.9 Å². The maximum Gasteiger partial charge on any atom is 0.410 e. The summed E-state index contributed by atoms with van der Waals surface area (Å²) in [5, 5.41) is 10.3. The molecule has 2 atom stereocenters. The molecule has 144 valence electrons. The molecule has 0 aromatic heterocycles. The lowest BCUT2D eigenvalue weighted by Crippen LogP contribution is -2.41. The van der Waals surface area contributed by atoms with E-state index in [2.05, 4.69) is 6.07 Å². The third-order valence-electron chi connectivity index (χ3n) is 4.81. The quantitative estimate of drug-likeness (QED) is 0.740. The molecule has 0 spiro atoms. The molecule has 0 saturated carbocycles. The van der Waals surface area contributed by atoms with E-state index in [0.717, 1.165) is 11.1 Å². The fraction of sp³-hybridized carbons (Fsp3) is 0.286. The predicted octanol–water partition coefficient (Wildman–Crippen LogP) is 3.33. The lowest BCUT2D eigenvalue weighted by Gasteiger charge is -2.37. The number of amides is 1. The predicted molar refractivity (Wildman–Crippen MR) is 105 cm³/mol. The van der Waals surface area contributed by atoms with E-state index in [1.54, 1.807) is 29.2 Å². The van der Waals surface area contributed by atoms with E-state index in [1.807, 2.05) is 30.3 Å². The van der Waals surface area contributed by atoms with Crippen molar-refractivity contribution in [3.8, 4) is 6.07 Å². The van der Waals surface area contributed by atoms with Crippen LogP contribution in [-0.2, 0) is 21.6 Å². The van der Waals surface area contributed by atoms with Gasteiger partial charge in [-0.2, -0.15) is 13.7 Å². The molecule has 1 saturated heterocycles. The van der Waals surface area contributed by atoms with Gasteiger partial charge in [-0.3, -0.25) is 0 Å². The molecular weight excluding hydrogens is 376 g/mol. The summed E-state index contributed by atoms with van der Waals surface area (Å²) in [6, 6.07) is 18.2. The van der Waals surface area contributed by atoms with Crippen LogP contribution in [0.4, 0.5) is 4.79 Å². The van der Waals surface area contributed by atoms with Crippen molar-refractivity contribution in [3.05, 3.63) is 71.3 Å². The summed E-state index contributed by atoms with van der Waals surface area (Å²) in [5.41, 5.74) is 2.28. The summed E-state index contributed by atoms with van der Waals surface area (Å²) in [5.74, 6) is -0.142. The standard InChI is InChI=1S/C21H20N2O4S/c22-13-16-6-8-19(9-7-16)20-12-18(15-28(25)26)10-11-23(20)21(24)27-14-17-4-2-1-3-5-17/h1-9,15,18,20H,10-12,14H2. The van der Waals surface area contributed by atoms with Gasteiger partial charge in [-0.25, -0.2) is 4.79 Å². The second kappa shape index (κ2) is 9.20. The second-order valence-corrected chi connectivity index (χ2v) is 7.46. The summed E-state index contributed by atoms with van der Waals surface area (Å²) in [6.07, 6.45) is 0.613. The zero-order chi connectivity index (χ0) is 19.9. The van der Waals surface area contributed by atoms with Gasteiger partial charge in [0.1, 0.15) is 6.61 Å². The van der Waals surface area contributed by atoms with Crippen molar-refractivity contribution >= 4 is 21.8 Å². The highest BCUT2D eigenvalue weighted by Gasteiger charge is 2.33. The van der Waals surface area contributed by atoms with Gasteiger partial charge in [0.25, 0.3) is 0 Å². The maximum absolute atomic E-state index is 12.7. The minimum Gasteiger partial charge on any atom is -0.445 e. The van der Waals surface area contributed by atoms with E-state index in [1.165, 1.54) is 5.37 Å². The van der Waals surface area contributed by atoms with Crippen molar-refractivity contribution in [1.82, 2.24) is 4.90 Å². The summed E-state index contributed by atoms with van der Waals surface area (Å²) in [6.45, 7) is 0.576. The van der Waals surface area contributed by atoms with E-state index in [4.69, 9.17) is 10.00 Å². The molecule has 1 fully saturated rings. The van der Waals surface area contributed by atoms with Gasteiger partial charge in [-0.15, -0.1) is 0 Å². The number of piperidine rings is 1. The summed E-state index contributed by atoms with van der Waals surface area (Å²) in [4.78, 5) is 14.4. The van der Waals surface area contributed by atoms with E-state index >= 15 is 0 Å². The normalized spacial score (nSPS) is 18.8. The Morgan fingerprint density at radius 2 is 1.89 bits per heavy atom. The summed E-state index contributed by atoms with van der Waals surface area (Å²) < 4.78 is 27.6. The van der Waals surface area contributed by atoms with Crippen LogP contribution in [0.2, 0.25) is 0 Å². The molecule has 0 radical (unpaired) electrons. The van der Waals surface area contributed by atoms with Gasteiger partial charge in [0.05, 0.1) is 17.7 Å². The topological polar surface area (TPSA) is 87.5 Å². The van der Waals surface area contributed by atoms with Crippen LogP contribution in [0.1, 0.15) is 35.6 Å². The number of nitrogens with zero attached hydrogens (tertiary/aromatic N) is 2. The van der Waals surface area contributed by atoms with Gasteiger partial charge in [-0.1, -0.05) is 42.5 Å². The lowest BCUT2D eigenvalue weighted by molar-refractivity contribution is 0.0635. The Labute approximate surface area is 165 Å². The van der Waals surface area contributed by atoms with E-state index < -0.39 is 16.4 Å². The maximum atomic E-state index is 12.7. The molecule has 3 rings (SSSR count). The zero-order valence-corrected chi connectivity index (χ0v) is 16.0. The Morgan fingerprint density at radius 1 is 1.18 bits per heavy atom. The first-order chi connectivity index (χ1) is 13.6. The Hall–Kier alpha value is -3.11. The molecule has 2 unspecified atom stereocenters. The molecule has 0 N–H and O–H groups in total. The zero-order valence-electron chi connectivity index (χ0n) is 15.2. The Kier molecular flexibility index (Phi) is 6.45. The van der Waals surface area contributed by atoms with Gasteiger partial charge in [0.2, 0.25) is 10.3 Å². The molecule has 1 amide bonds. The monoisotopic (exact) mass is 396 g/mol. The number of carbonyl (C=O) groups excluding carboxylic acids is 1. The molecule has 6 nitrogen and oxygen atoms in total. The van der Waals surface area contributed by atoms with Crippen LogP contribution in [0.3, 0.4) is 0 Å². The number of hydrogen-bond acceptors (Lipinski definition) is 5. The number of benzene rings is 2. The van der Waals surface area contributed by atoms with Gasteiger partial charge >= 0.3 is 6.09 Å². The Balaban J connectivity index is 1.79. The average Bonchev–Trinajstić information content (AvgIpc) is 2.72. The minimum absolute atomic E-state index is 0.142. The molecule has 1 aliphatic rings. The highest BCUT2D eigenvalue weighted by Crippen LogP contribution is 2.34. The van der Waals surface area contributed by atoms with Gasteiger partial charge in [0, 0.05) is 11.9 Å². The fourth-order valence-electron chi connectivity index (χ4n) is 3.39. The molecular formula is C21H20N2O4S. The molecule has 0 bridgehead atoms. The first kappa shape index (κ1) is 19.6. The van der Waals surface area contributed by atoms with Crippen molar-refractivity contribution in [3.63, 3.8) is 0 Å². The van der Waals surface area contributed by atoms with Crippen LogP contribution in [-0.4, -0.2) is 31.3 Å². The van der Waals surface area contributed by atoms with E-state index in [9.17, 15) is 13.2 Å². The van der Waals surface area contributed by atoms with Gasteiger partial charge in [-0.05, 0) is 42.0 Å². The first-order valence-electron chi connectivity index (χ1n) is 8.97. The number of ether oxygens (including phenoxy) is 1. The molecule has 7 heteroatoms. The summed E-state index contributed by atoms with van der Waals surface area (Å²) >= 11 is 0. The second-order valence-electron chi connectivity index (χ2n) is 6.66. The molecule has 28 heavy (non-hydrogen) atoms. The number of carbonyl (C=O) groups is 1.